The van der Waals surface area contributed by atoms with Crippen LogP contribution in [0.2, 0.25) is 0 Å². The zero-order valence-electron chi connectivity index (χ0n) is 15.9. The summed E-state index contributed by atoms with van der Waals surface area (Å²) in [6.07, 6.45) is 6.24. The van der Waals surface area contributed by atoms with Crippen molar-refractivity contribution in [3.05, 3.63) is 29.8 Å². The summed E-state index contributed by atoms with van der Waals surface area (Å²) >= 11 is 0. The molecule has 0 bridgehead atoms. The van der Waals surface area contributed by atoms with Gasteiger partial charge in [-0.15, -0.1) is 0 Å². The Kier molecular flexibility index (Phi) is 4.72. The van der Waals surface area contributed by atoms with Gasteiger partial charge in [-0.1, -0.05) is 38.3 Å². The van der Waals surface area contributed by atoms with Crippen LogP contribution in [0.15, 0.2) is 24.3 Å². The third kappa shape index (κ3) is 3.13. The summed E-state index contributed by atoms with van der Waals surface area (Å²) in [6.45, 7) is 3.87. The van der Waals surface area contributed by atoms with Crippen molar-refractivity contribution in [2.75, 3.05) is 5.73 Å². The Morgan fingerprint density at radius 2 is 1.89 bits per heavy atom. The van der Waals surface area contributed by atoms with Crippen molar-refractivity contribution in [2.24, 2.45) is 0 Å². The fourth-order valence-corrected chi connectivity index (χ4v) is 3.92. The summed E-state index contributed by atoms with van der Waals surface area (Å²) in [7, 11) is 0. The van der Waals surface area contributed by atoms with Gasteiger partial charge in [-0.2, -0.15) is 0 Å². The highest BCUT2D eigenvalue weighted by atomic mass is 16.5. The Balaban J connectivity index is 1.93. The van der Waals surface area contributed by atoms with Gasteiger partial charge in [0.2, 0.25) is 0 Å². The van der Waals surface area contributed by atoms with E-state index >= 15 is 0 Å². The predicted octanol–water partition coefficient (Wildman–Crippen LogP) is 4.63. The van der Waals surface area contributed by atoms with Crippen LogP contribution in [0.5, 0.6) is 0 Å². The third-order valence-corrected chi connectivity index (χ3v) is 5.56. The Morgan fingerprint density at radius 3 is 2.56 bits per heavy atom. The smallest absolute Gasteiger partial charge is 0.344 e. The summed E-state index contributed by atoms with van der Waals surface area (Å²) in [4.78, 5) is 22.5. The van der Waals surface area contributed by atoms with Gasteiger partial charge in [0.1, 0.15) is 16.9 Å². The number of nitrogens with two attached hydrogens (primary N) is 1. The van der Waals surface area contributed by atoms with Gasteiger partial charge < -0.3 is 15.0 Å². The van der Waals surface area contributed by atoms with Gasteiger partial charge in [0.25, 0.3) is 0 Å². The van der Waals surface area contributed by atoms with E-state index < -0.39 is 5.97 Å². The lowest BCUT2D eigenvalue weighted by Gasteiger charge is -2.25. The Labute approximate surface area is 158 Å². The Hall–Kier alpha value is -2.63. The summed E-state index contributed by atoms with van der Waals surface area (Å²) in [5, 5.41) is 0. The quantitative estimate of drug-likeness (QED) is 0.681. The van der Waals surface area contributed by atoms with Crippen molar-refractivity contribution < 1.29 is 9.53 Å². The molecule has 6 nitrogen and oxygen atoms in total. The number of hydrogen-bond acceptors (Lipinski definition) is 5. The van der Waals surface area contributed by atoms with Crippen LogP contribution in [0.3, 0.4) is 0 Å². The molecule has 142 valence electrons. The van der Waals surface area contributed by atoms with Gasteiger partial charge in [-0.25, -0.2) is 14.8 Å². The summed E-state index contributed by atoms with van der Waals surface area (Å²) in [5.74, 6) is 0.0199. The molecule has 1 fully saturated rings. The molecule has 0 aliphatic heterocycles. The van der Waals surface area contributed by atoms with Crippen LogP contribution in [-0.4, -0.2) is 26.6 Å². The van der Waals surface area contributed by atoms with E-state index in [9.17, 15) is 4.79 Å². The molecular weight excluding hydrogens is 340 g/mol. The Morgan fingerprint density at radius 1 is 1.22 bits per heavy atom. The van der Waals surface area contributed by atoms with E-state index in [0.717, 1.165) is 43.1 Å². The standard InChI is InChI=1S/C21H26N4O2/c1-3-13(2)27-21(26)17-18-20(24-16-12-8-7-11-15(16)23-18)25(19(17)22)14-9-5-4-6-10-14/h7-8,11-14H,3-6,9-10,22H2,1-2H3. The molecular formula is C21H26N4O2. The first-order valence-electron chi connectivity index (χ1n) is 9.87. The molecule has 1 aliphatic rings. The van der Waals surface area contributed by atoms with Crippen molar-refractivity contribution in [3.63, 3.8) is 0 Å². The van der Waals surface area contributed by atoms with Gasteiger partial charge >= 0.3 is 5.97 Å². The number of fused-ring (bicyclic) bond motifs is 2. The summed E-state index contributed by atoms with van der Waals surface area (Å²) in [6, 6.07) is 7.95. The van der Waals surface area contributed by atoms with Crippen LogP contribution in [0, 0.1) is 0 Å². The minimum absolute atomic E-state index is 0.168. The molecule has 0 spiro atoms. The second kappa shape index (κ2) is 7.18. The molecule has 2 aromatic heterocycles. The topological polar surface area (TPSA) is 83.0 Å². The van der Waals surface area contributed by atoms with Gasteiger partial charge in [0.05, 0.1) is 17.1 Å². The van der Waals surface area contributed by atoms with Crippen molar-refractivity contribution in [3.8, 4) is 0 Å². The van der Waals surface area contributed by atoms with E-state index in [0.29, 0.717) is 22.5 Å². The number of benzene rings is 1. The molecule has 2 heterocycles. The first kappa shape index (κ1) is 17.8. The van der Waals surface area contributed by atoms with Crippen molar-refractivity contribution in [2.45, 2.75) is 64.5 Å². The molecule has 0 radical (unpaired) electrons. The molecule has 0 amide bonds. The summed E-state index contributed by atoms with van der Waals surface area (Å²) < 4.78 is 7.62. The molecule has 1 unspecified atom stereocenters. The largest absolute Gasteiger partial charge is 0.459 e. The number of nitrogens with zero attached hydrogens (tertiary/aromatic N) is 3. The molecule has 2 N–H and O–H groups in total. The van der Waals surface area contributed by atoms with E-state index in [4.69, 9.17) is 20.4 Å². The van der Waals surface area contributed by atoms with E-state index in [-0.39, 0.29) is 12.1 Å². The molecule has 3 aromatic rings. The second-order valence-corrected chi connectivity index (χ2v) is 7.43. The molecule has 1 aromatic carbocycles. The highest BCUT2D eigenvalue weighted by Crippen LogP contribution is 2.37. The molecule has 1 aliphatic carbocycles. The lowest BCUT2D eigenvalue weighted by atomic mass is 9.95. The average Bonchev–Trinajstić information content (AvgIpc) is 2.97. The normalized spacial score (nSPS) is 16.7. The number of nitrogen functional groups attached to an aromatic ring is 1. The highest BCUT2D eigenvalue weighted by molar-refractivity contribution is 6.08. The monoisotopic (exact) mass is 366 g/mol. The first-order chi connectivity index (χ1) is 13.1. The SMILES string of the molecule is CCC(C)OC(=O)c1c(N)n(C2CCCCC2)c2nc3ccccc3nc12. The van der Waals surface area contributed by atoms with Gasteiger partial charge in [-0.3, -0.25) is 0 Å². The van der Waals surface area contributed by atoms with Gasteiger partial charge in [-0.05, 0) is 38.3 Å². The molecule has 4 rings (SSSR count). The van der Waals surface area contributed by atoms with E-state index in [2.05, 4.69) is 0 Å². The fraction of sp³-hybridized carbons (Fsp3) is 0.476. The van der Waals surface area contributed by atoms with Crippen molar-refractivity contribution in [1.29, 1.82) is 0 Å². The molecule has 6 heteroatoms. The third-order valence-electron chi connectivity index (χ3n) is 5.56. The van der Waals surface area contributed by atoms with Crippen LogP contribution in [0.4, 0.5) is 5.82 Å². The number of carbonyl (C=O) groups excluding carboxylic acids is 1. The number of carbonyl (C=O) groups is 1. The van der Waals surface area contributed by atoms with Crippen LogP contribution in [0.25, 0.3) is 22.2 Å². The van der Waals surface area contributed by atoms with E-state index in [1.807, 2.05) is 42.7 Å². The van der Waals surface area contributed by atoms with Crippen molar-refractivity contribution >= 4 is 34.0 Å². The predicted molar refractivity (Wildman–Crippen MR) is 107 cm³/mol. The van der Waals surface area contributed by atoms with Gasteiger partial charge in [0, 0.05) is 6.04 Å². The molecule has 27 heavy (non-hydrogen) atoms. The molecule has 1 atom stereocenters. The number of ether oxygens (including phenoxy) is 1. The zero-order valence-corrected chi connectivity index (χ0v) is 15.9. The van der Waals surface area contributed by atoms with E-state index in [1.165, 1.54) is 6.42 Å². The number of rotatable bonds is 4. The first-order valence-corrected chi connectivity index (χ1v) is 9.87. The second-order valence-electron chi connectivity index (χ2n) is 7.43. The van der Waals surface area contributed by atoms with Crippen LogP contribution < -0.4 is 5.73 Å². The minimum atomic E-state index is -0.411. The lowest BCUT2D eigenvalue weighted by Crippen LogP contribution is -2.18. The fourth-order valence-electron chi connectivity index (χ4n) is 3.92. The van der Waals surface area contributed by atoms with Crippen molar-refractivity contribution in [1.82, 2.24) is 14.5 Å². The number of aromatic nitrogens is 3. The Bertz CT molecular complexity index is 989. The van der Waals surface area contributed by atoms with E-state index in [1.54, 1.807) is 0 Å². The molecule has 1 saturated carbocycles. The highest BCUT2D eigenvalue weighted by Gasteiger charge is 2.29. The van der Waals surface area contributed by atoms with Crippen LogP contribution in [0.1, 0.15) is 68.8 Å². The van der Waals surface area contributed by atoms with Crippen LogP contribution >= 0.6 is 0 Å². The van der Waals surface area contributed by atoms with Gasteiger partial charge in [0.15, 0.2) is 5.65 Å². The number of esters is 1. The number of para-hydroxylation sites is 2. The maximum atomic E-state index is 12.9. The maximum absolute atomic E-state index is 12.9. The number of hydrogen-bond donors (Lipinski definition) is 1. The average molecular weight is 366 g/mol. The summed E-state index contributed by atoms with van der Waals surface area (Å²) in [5.41, 5.74) is 9.66. The zero-order chi connectivity index (χ0) is 19.0. The van der Waals surface area contributed by atoms with Crippen LogP contribution in [-0.2, 0) is 4.74 Å². The maximum Gasteiger partial charge on any atom is 0.344 e. The minimum Gasteiger partial charge on any atom is -0.459 e. The number of anilines is 1. The lowest BCUT2D eigenvalue weighted by molar-refractivity contribution is 0.0337. The molecule has 0 saturated heterocycles.